The van der Waals surface area contributed by atoms with E-state index in [-0.39, 0.29) is 11.2 Å². The van der Waals surface area contributed by atoms with E-state index in [9.17, 15) is 4.39 Å². The number of nitrogens with zero attached hydrogens (tertiary/aromatic N) is 6. The molecule has 1 N–H and O–H groups in total. The van der Waals surface area contributed by atoms with Crippen molar-refractivity contribution in [1.82, 2.24) is 25.0 Å². The number of halogens is 1. The van der Waals surface area contributed by atoms with Crippen molar-refractivity contribution in [2.24, 2.45) is 5.41 Å². The highest BCUT2D eigenvalue weighted by Crippen LogP contribution is 2.39. The van der Waals surface area contributed by atoms with E-state index in [1.165, 1.54) is 12.1 Å². The first-order chi connectivity index (χ1) is 17.2. The molecular formula is C27H33BFN7. The van der Waals surface area contributed by atoms with Crippen LogP contribution in [-0.2, 0) is 5.44 Å². The molecule has 186 valence electrons. The molecule has 2 aromatic heterocycles. The van der Waals surface area contributed by atoms with Crippen LogP contribution in [0.3, 0.4) is 0 Å². The molecule has 0 spiro atoms. The molecule has 36 heavy (non-hydrogen) atoms. The summed E-state index contributed by atoms with van der Waals surface area (Å²) in [4.78, 5) is 11.3. The first-order valence-electron chi connectivity index (χ1n) is 12.6. The van der Waals surface area contributed by atoms with Gasteiger partial charge in [-0.3, -0.25) is 0 Å². The van der Waals surface area contributed by atoms with Crippen molar-refractivity contribution in [2.75, 3.05) is 23.3 Å². The van der Waals surface area contributed by atoms with Crippen molar-refractivity contribution in [3.8, 4) is 0 Å². The van der Waals surface area contributed by atoms with Gasteiger partial charge in [0.05, 0.1) is 23.2 Å². The molecular weight excluding hydrogens is 452 g/mol. The van der Waals surface area contributed by atoms with Gasteiger partial charge in [0.15, 0.2) is 0 Å². The molecule has 1 saturated carbocycles. The van der Waals surface area contributed by atoms with Crippen LogP contribution >= 0.6 is 0 Å². The van der Waals surface area contributed by atoms with Gasteiger partial charge in [-0.2, -0.15) is 0 Å². The number of nitrogens with one attached hydrogen (secondary N) is 1. The predicted molar refractivity (Wildman–Crippen MR) is 145 cm³/mol. The van der Waals surface area contributed by atoms with Crippen molar-refractivity contribution in [3.63, 3.8) is 0 Å². The van der Waals surface area contributed by atoms with E-state index in [1.54, 1.807) is 6.33 Å². The van der Waals surface area contributed by atoms with Crippen LogP contribution in [0.2, 0.25) is 0 Å². The molecule has 0 radical (unpaired) electrons. The highest BCUT2D eigenvalue weighted by molar-refractivity contribution is 6.19. The lowest BCUT2D eigenvalue weighted by Gasteiger charge is -2.42. The highest BCUT2D eigenvalue weighted by atomic mass is 19.1. The molecule has 1 aliphatic carbocycles. The van der Waals surface area contributed by atoms with E-state index in [0.29, 0.717) is 12.6 Å². The summed E-state index contributed by atoms with van der Waals surface area (Å²) in [5.74, 6) is 0.555. The molecule has 2 aromatic carbocycles. The van der Waals surface area contributed by atoms with Crippen molar-refractivity contribution >= 4 is 30.3 Å². The second-order valence-corrected chi connectivity index (χ2v) is 11.0. The summed E-state index contributed by atoms with van der Waals surface area (Å²) in [6, 6.07) is 13.4. The van der Waals surface area contributed by atoms with Gasteiger partial charge in [0.1, 0.15) is 31.5 Å². The molecule has 0 saturated heterocycles. The van der Waals surface area contributed by atoms with Crippen LogP contribution in [0.15, 0.2) is 55.0 Å². The molecule has 9 heteroatoms. The maximum atomic E-state index is 13.9. The van der Waals surface area contributed by atoms with E-state index in [0.717, 1.165) is 53.1 Å². The van der Waals surface area contributed by atoms with Gasteiger partial charge in [0.2, 0.25) is 0 Å². The number of aromatic nitrogens is 5. The average molecular weight is 485 g/mol. The van der Waals surface area contributed by atoms with Crippen LogP contribution in [0.5, 0.6) is 0 Å². The summed E-state index contributed by atoms with van der Waals surface area (Å²) in [6.07, 6.45) is 5.90. The highest BCUT2D eigenvalue weighted by Gasteiger charge is 2.39. The van der Waals surface area contributed by atoms with E-state index in [2.05, 4.69) is 78.2 Å². The van der Waals surface area contributed by atoms with Gasteiger partial charge >= 0.3 is 0 Å². The second kappa shape index (κ2) is 9.19. The summed E-state index contributed by atoms with van der Waals surface area (Å²) in [5.41, 5.74) is 3.11. The van der Waals surface area contributed by atoms with Crippen LogP contribution in [0.1, 0.15) is 57.8 Å². The Morgan fingerprint density at radius 1 is 1.11 bits per heavy atom. The monoisotopic (exact) mass is 485 g/mol. The smallest absolute Gasteiger partial charge is 0.149 e. The maximum absolute atomic E-state index is 13.9. The molecule has 0 bridgehead atoms. The van der Waals surface area contributed by atoms with Crippen LogP contribution in [-0.4, -0.2) is 45.9 Å². The number of fused-ring (bicyclic) bond motifs is 1. The first-order valence-corrected chi connectivity index (χ1v) is 12.6. The Balaban J connectivity index is 1.62. The van der Waals surface area contributed by atoms with Gasteiger partial charge in [-0.15, -0.1) is 5.10 Å². The topological polar surface area (TPSA) is 71.8 Å². The van der Waals surface area contributed by atoms with Crippen LogP contribution in [0, 0.1) is 11.2 Å². The van der Waals surface area contributed by atoms with Gasteiger partial charge in [0, 0.05) is 24.2 Å². The molecule has 1 fully saturated rings. The molecule has 1 atom stereocenters. The van der Waals surface area contributed by atoms with Crippen molar-refractivity contribution < 1.29 is 4.39 Å². The number of hydrogen-bond donors (Lipinski definition) is 1. The van der Waals surface area contributed by atoms with Crippen LogP contribution in [0.4, 0.5) is 15.9 Å². The van der Waals surface area contributed by atoms with E-state index >= 15 is 0 Å². The molecule has 4 aromatic rings. The van der Waals surface area contributed by atoms with Gasteiger partial charge in [-0.05, 0) is 61.1 Å². The third-order valence-corrected chi connectivity index (χ3v) is 6.91. The Morgan fingerprint density at radius 2 is 1.86 bits per heavy atom. The van der Waals surface area contributed by atoms with Crippen LogP contribution in [0.25, 0.3) is 10.9 Å². The third-order valence-electron chi connectivity index (χ3n) is 6.91. The first kappa shape index (κ1) is 24.2. The fourth-order valence-electron chi connectivity index (χ4n) is 4.69. The Hall–Kier alpha value is -3.49. The Labute approximate surface area is 212 Å². The molecule has 0 amide bonds. The predicted octanol–water partition coefficient (Wildman–Crippen LogP) is 4.51. The number of anilines is 2. The second-order valence-electron chi connectivity index (χ2n) is 11.0. The summed E-state index contributed by atoms with van der Waals surface area (Å²) in [7, 11) is 2.13. The third kappa shape index (κ3) is 4.66. The lowest BCUT2D eigenvalue weighted by molar-refractivity contribution is 0.442. The van der Waals surface area contributed by atoms with E-state index < -0.39 is 5.44 Å². The Morgan fingerprint density at radius 3 is 2.53 bits per heavy atom. The summed E-state index contributed by atoms with van der Waals surface area (Å²) < 4.78 is 15.9. The SMILES string of the molecule is BC(c1ccc(F)cc1)(c1cn(C2CC2)nn1)N(CC)c1ccc2ncnc(NCC(C)(C)C)c2c1. The largest absolute Gasteiger partial charge is 0.369 e. The molecule has 2 heterocycles. The maximum Gasteiger partial charge on any atom is 0.149 e. The zero-order valence-electron chi connectivity index (χ0n) is 21.7. The minimum Gasteiger partial charge on any atom is -0.369 e. The fraction of sp³-hybridized carbons (Fsp3) is 0.407. The molecule has 7 nitrogen and oxygen atoms in total. The van der Waals surface area contributed by atoms with Crippen molar-refractivity contribution in [3.05, 3.63) is 72.1 Å². The van der Waals surface area contributed by atoms with Crippen molar-refractivity contribution in [1.29, 1.82) is 0 Å². The van der Waals surface area contributed by atoms with Crippen LogP contribution < -0.4 is 10.2 Å². The van der Waals surface area contributed by atoms with E-state index in [1.807, 2.05) is 29.1 Å². The molecule has 0 aliphatic heterocycles. The average Bonchev–Trinajstić information content (AvgIpc) is 3.58. The number of benzene rings is 2. The summed E-state index contributed by atoms with van der Waals surface area (Å²) in [5, 5.41) is 13.5. The lowest BCUT2D eigenvalue weighted by Crippen LogP contribution is -2.48. The summed E-state index contributed by atoms with van der Waals surface area (Å²) in [6.45, 7) is 10.2. The van der Waals surface area contributed by atoms with Gasteiger partial charge in [-0.1, -0.05) is 38.1 Å². The fourth-order valence-corrected chi connectivity index (χ4v) is 4.69. The molecule has 1 unspecified atom stereocenters. The van der Waals surface area contributed by atoms with Crippen molar-refractivity contribution in [2.45, 2.75) is 52.0 Å². The minimum atomic E-state index is -0.669. The van der Waals surface area contributed by atoms with Gasteiger partial charge in [0.25, 0.3) is 0 Å². The normalized spacial score (nSPS) is 15.6. The zero-order valence-corrected chi connectivity index (χ0v) is 21.7. The number of rotatable bonds is 8. The Bertz CT molecular complexity index is 1360. The van der Waals surface area contributed by atoms with E-state index in [4.69, 9.17) is 0 Å². The minimum absolute atomic E-state index is 0.110. The van der Waals surface area contributed by atoms with Gasteiger partial charge < -0.3 is 10.2 Å². The standard InChI is InChI=1S/C27H33BFN7/c1-5-35(21-12-13-23-22(14-21)25(32-17-31-23)30-16-26(2,3)4)27(28,18-6-8-19(29)9-7-18)24-15-36(34-33-24)20-10-11-20/h6-9,12-15,17,20H,5,10-11,16,28H2,1-4H3,(H,30,31,32). The Kier molecular flexibility index (Phi) is 6.18. The molecule has 5 rings (SSSR count). The van der Waals surface area contributed by atoms with Gasteiger partial charge in [-0.25, -0.2) is 19.0 Å². The summed E-state index contributed by atoms with van der Waals surface area (Å²) >= 11 is 0. The quantitative estimate of drug-likeness (QED) is 0.370. The number of hydrogen-bond acceptors (Lipinski definition) is 6. The zero-order chi connectivity index (χ0) is 25.5. The molecule has 1 aliphatic rings. The lowest BCUT2D eigenvalue weighted by atomic mass is 9.68.